The van der Waals surface area contributed by atoms with Gasteiger partial charge in [0.2, 0.25) is 0 Å². The number of aromatic nitrogens is 1. The first-order valence-electron chi connectivity index (χ1n) is 4.77. The minimum Gasteiger partial charge on any atom is -0.357 e. The third kappa shape index (κ3) is 1.76. The lowest BCUT2D eigenvalue weighted by Crippen LogP contribution is -2.00. The maximum absolute atomic E-state index is 6.05. The Morgan fingerprint density at radius 3 is 2.93 bits per heavy atom. The smallest absolute Gasteiger partial charge is 0.0647 e. The number of rotatable bonds is 3. The molecule has 0 aliphatic carbocycles. The summed E-state index contributed by atoms with van der Waals surface area (Å²) in [5.74, 6) is 0. The molecule has 2 aromatic rings. The Morgan fingerprint density at radius 2 is 2.21 bits per heavy atom. The molecule has 1 aromatic carbocycles. The summed E-state index contributed by atoms with van der Waals surface area (Å²) in [6, 6.07) is 8.05. The molecule has 0 fully saturated rings. The van der Waals surface area contributed by atoms with Crippen LogP contribution in [0.1, 0.15) is 12.1 Å². The van der Waals surface area contributed by atoms with Crippen LogP contribution in [0.3, 0.4) is 0 Å². The van der Waals surface area contributed by atoms with Gasteiger partial charge in [0.1, 0.15) is 0 Å². The number of H-pyrrole nitrogens is 1. The van der Waals surface area contributed by atoms with E-state index in [1.54, 1.807) is 0 Å². The fourth-order valence-electron chi connectivity index (χ4n) is 1.60. The zero-order chi connectivity index (χ0) is 9.97. The summed E-state index contributed by atoms with van der Waals surface area (Å²) in [5.41, 5.74) is 7.70. The van der Waals surface area contributed by atoms with E-state index in [9.17, 15) is 0 Å². The molecule has 1 aromatic heterocycles. The maximum Gasteiger partial charge on any atom is 0.0647 e. The molecule has 14 heavy (non-hydrogen) atoms. The molecule has 0 aliphatic heterocycles. The Labute approximate surface area is 88.1 Å². The van der Waals surface area contributed by atoms with Gasteiger partial charge in [0.15, 0.2) is 0 Å². The molecule has 0 aliphatic rings. The Balaban J connectivity index is 2.36. The zero-order valence-corrected chi connectivity index (χ0v) is 8.64. The van der Waals surface area contributed by atoms with E-state index in [1.807, 2.05) is 12.1 Å². The number of hydrogen-bond acceptors (Lipinski definition) is 1. The van der Waals surface area contributed by atoms with Gasteiger partial charge in [0.25, 0.3) is 0 Å². The molecule has 0 amide bonds. The first kappa shape index (κ1) is 9.56. The predicted molar refractivity (Wildman–Crippen MR) is 60.7 cm³/mol. The van der Waals surface area contributed by atoms with Crippen LogP contribution in [0.2, 0.25) is 5.02 Å². The Bertz CT molecular complexity index is 434. The monoisotopic (exact) mass is 208 g/mol. The third-order valence-corrected chi connectivity index (χ3v) is 2.63. The number of para-hydroxylation sites is 1. The van der Waals surface area contributed by atoms with Crippen molar-refractivity contribution in [2.45, 2.75) is 12.8 Å². The molecule has 0 saturated heterocycles. The molecule has 0 radical (unpaired) electrons. The van der Waals surface area contributed by atoms with E-state index in [0.717, 1.165) is 29.9 Å². The second-order valence-corrected chi connectivity index (χ2v) is 3.80. The lowest BCUT2D eigenvalue weighted by molar-refractivity contribution is 0.818. The highest BCUT2D eigenvalue weighted by Gasteiger charge is 2.02. The van der Waals surface area contributed by atoms with Gasteiger partial charge in [-0.1, -0.05) is 23.7 Å². The molecular formula is C11H13ClN2. The highest BCUT2D eigenvalue weighted by Crippen LogP contribution is 2.23. The number of hydrogen-bond donors (Lipinski definition) is 2. The van der Waals surface area contributed by atoms with E-state index >= 15 is 0 Å². The number of fused-ring (bicyclic) bond motifs is 1. The number of aromatic amines is 1. The van der Waals surface area contributed by atoms with Crippen molar-refractivity contribution in [3.63, 3.8) is 0 Å². The van der Waals surface area contributed by atoms with Gasteiger partial charge in [-0.25, -0.2) is 0 Å². The molecule has 2 nitrogen and oxygen atoms in total. The largest absolute Gasteiger partial charge is 0.357 e. The van der Waals surface area contributed by atoms with Crippen molar-refractivity contribution in [3.8, 4) is 0 Å². The molecule has 0 saturated carbocycles. The van der Waals surface area contributed by atoms with Crippen molar-refractivity contribution in [2.24, 2.45) is 5.73 Å². The van der Waals surface area contributed by atoms with Gasteiger partial charge in [0.05, 0.1) is 10.5 Å². The first-order valence-corrected chi connectivity index (χ1v) is 5.15. The number of aryl methyl sites for hydroxylation is 1. The third-order valence-electron chi connectivity index (χ3n) is 2.31. The minimum absolute atomic E-state index is 0.725. The van der Waals surface area contributed by atoms with E-state index in [2.05, 4.69) is 17.1 Å². The van der Waals surface area contributed by atoms with Gasteiger partial charge in [-0.05, 0) is 31.5 Å². The highest BCUT2D eigenvalue weighted by atomic mass is 35.5. The SMILES string of the molecule is NCCCc1cc2cccc(Cl)c2[nH]1. The lowest BCUT2D eigenvalue weighted by Gasteiger charge is -1.93. The van der Waals surface area contributed by atoms with Gasteiger partial charge in [0, 0.05) is 11.1 Å². The molecule has 3 N–H and O–H groups in total. The fourth-order valence-corrected chi connectivity index (χ4v) is 1.83. The van der Waals surface area contributed by atoms with E-state index in [1.165, 1.54) is 11.1 Å². The summed E-state index contributed by atoms with van der Waals surface area (Å²) in [6.45, 7) is 0.725. The van der Waals surface area contributed by atoms with Gasteiger partial charge in [-0.15, -0.1) is 0 Å². The van der Waals surface area contributed by atoms with Crippen LogP contribution >= 0.6 is 11.6 Å². The average Bonchev–Trinajstić information content (AvgIpc) is 2.59. The van der Waals surface area contributed by atoms with Crippen LogP contribution in [0.5, 0.6) is 0 Å². The molecule has 0 unspecified atom stereocenters. The van der Waals surface area contributed by atoms with Crippen molar-refractivity contribution in [1.82, 2.24) is 4.98 Å². The second kappa shape index (κ2) is 4.03. The standard InChI is InChI=1S/C11H13ClN2/c12-10-5-1-3-8-7-9(4-2-6-13)14-11(8)10/h1,3,5,7,14H,2,4,6,13H2. The molecule has 2 rings (SSSR count). The molecule has 0 bridgehead atoms. The molecule has 3 heteroatoms. The van der Waals surface area contributed by atoms with Crippen molar-refractivity contribution in [2.75, 3.05) is 6.54 Å². The second-order valence-electron chi connectivity index (χ2n) is 3.39. The van der Waals surface area contributed by atoms with Crippen molar-refractivity contribution < 1.29 is 0 Å². The lowest BCUT2D eigenvalue weighted by atomic mass is 10.2. The Kier molecular flexibility index (Phi) is 2.75. The number of benzene rings is 1. The molecule has 1 heterocycles. The maximum atomic E-state index is 6.05. The molecule has 0 atom stereocenters. The summed E-state index contributed by atoms with van der Waals surface area (Å²) in [7, 11) is 0. The van der Waals surface area contributed by atoms with Crippen molar-refractivity contribution in [3.05, 3.63) is 35.0 Å². The quantitative estimate of drug-likeness (QED) is 0.800. The van der Waals surface area contributed by atoms with Gasteiger partial charge < -0.3 is 10.7 Å². The van der Waals surface area contributed by atoms with Crippen LogP contribution in [0, 0.1) is 0 Å². The van der Waals surface area contributed by atoms with Gasteiger partial charge in [-0.2, -0.15) is 0 Å². The summed E-state index contributed by atoms with van der Waals surface area (Å²) in [6.07, 6.45) is 1.99. The van der Waals surface area contributed by atoms with Crippen LogP contribution in [-0.2, 0) is 6.42 Å². The van der Waals surface area contributed by atoms with E-state index in [-0.39, 0.29) is 0 Å². The summed E-state index contributed by atoms with van der Waals surface area (Å²) in [5, 5.41) is 1.95. The zero-order valence-electron chi connectivity index (χ0n) is 7.89. The molecule has 74 valence electrons. The normalized spacial score (nSPS) is 11.0. The van der Waals surface area contributed by atoms with E-state index in [0.29, 0.717) is 0 Å². The molecular weight excluding hydrogens is 196 g/mol. The number of halogens is 1. The Hall–Kier alpha value is -0.990. The van der Waals surface area contributed by atoms with Crippen LogP contribution < -0.4 is 5.73 Å². The minimum atomic E-state index is 0.725. The number of nitrogens with two attached hydrogens (primary N) is 1. The average molecular weight is 209 g/mol. The summed E-state index contributed by atoms with van der Waals surface area (Å²) >= 11 is 6.05. The van der Waals surface area contributed by atoms with Crippen LogP contribution in [0.4, 0.5) is 0 Å². The van der Waals surface area contributed by atoms with Crippen LogP contribution in [-0.4, -0.2) is 11.5 Å². The van der Waals surface area contributed by atoms with E-state index < -0.39 is 0 Å². The number of nitrogens with one attached hydrogen (secondary N) is 1. The van der Waals surface area contributed by atoms with Gasteiger partial charge in [-0.3, -0.25) is 0 Å². The first-order chi connectivity index (χ1) is 6.81. The van der Waals surface area contributed by atoms with Gasteiger partial charge >= 0.3 is 0 Å². The fraction of sp³-hybridized carbons (Fsp3) is 0.273. The predicted octanol–water partition coefficient (Wildman–Crippen LogP) is 2.71. The van der Waals surface area contributed by atoms with E-state index in [4.69, 9.17) is 17.3 Å². The van der Waals surface area contributed by atoms with Crippen LogP contribution in [0.25, 0.3) is 10.9 Å². The molecule has 0 spiro atoms. The topological polar surface area (TPSA) is 41.8 Å². The highest BCUT2D eigenvalue weighted by molar-refractivity contribution is 6.35. The Morgan fingerprint density at radius 1 is 1.36 bits per heavy atom. The van der Waals surface area contributed by atoms with Crippen molar-refractivity contribution >= 4 is 22.5 Å². The summed E-state index contributed by atoms with van der Waals surface area (Å²) < 4.78 is 0. The summed E-state index contributed by atoms with van der Waals surface area (Å²) in [4.78, 5) is 3.31. The van der Waals surface area contributed by atoms with Crippen LogP contribution in [0.15, 0.2) is 24.3 Å². The van der Waals surface area contributed by atoms with Crippen molar-refractivity contribution in [1.29, 1.82) is 0 Å².